The molecule has 0 saturated carbocycles. The normalized spacial score (nSPS) is 11.7. The van der Waals surface area contributed by atoms with Crippen LogP contribution in [0.15, 0.2) is 0 Å². The first-order chi connectivity index (χ1) is 8.70. The molecule has 0 radical (unpaired) electrons. The second kappa shape index (κ2) is 13.4. The Morgan fingerprint density at radius 2 is 1.44 bits per heavy atom. The zero-order chi connectivity index (χ0) is 13.6. The van der Waals surface area contributed by atoms with Gasteiger partial charge in [0.1, 0.15) is 0 Å². The van der Waals surface area contributed by atoms with Gasteiger partial charge in [-0.3, -0.25) is 0 Å². The summed E-state index contributed by atoms with van der Waals surface area (Å²) in [5.41, 5.74) is 0. The first kappa shape index (κ1) is 17.9. The molecule has 0 aromatic rings. The Hall–Kier alpha value is -0.0800. The Kier molecular flexibility index (Phi) is 13.3. The highest BCUT2D eigenvalue weighted by Crippen LogP contribution is 2.07. The topological polar surface area (TPSA) is 15.3 Å². The van der Waals surface area contributed by atoms with Crippen molar-refractivity contribution in [1.29, 1.82) is 0 Å². The molecule has 2 nitrogen and oxygen atoms in total. The van der Waals surface area contributed by atoms with Gasteiger partial charge in [-0.25, -0.2) is 0 Å². The zero-order valence-corrected chi connectivity index (χ0v) is 13.3. The zero-order valence-electron chi connectivity index (χ0n) is 13.3. The number of unbranched alkanes of at least 4 members (excludes halogenated alkanes) is 6. The van der Waals surface area contributed by atoms with Crippen molar-refractivity contribution in [1.82, 2.24) is 10.2 Å². The van der Waals surface area contributed by atoms with E-state index in [1.54, 1.807) is 0 Å². The van der Waals surface area contributed by atoms with E-state index in [0.29, 0.717) is 6.04 Å². The van der Waals surface area contributed by atoms with Crippen LogP contribution in [0.5, 0.6) is 0 Å². The van der Waals surface area contributed by atoms with Crippen LogP contribution in [0.4, 0.5) is 0 Å². The summed E-state index contributed by atoms with van der Waals surface area (Å²) in [6.45, 7) is 13.8. The molecule has 2 heteroatoms. The van der Waals surface area contributed by atoms with Gasteiger partial charge >= 0.3 is 0 Å². The third-order valence-corrected chi connectivity index (χ3v) is 3.51. The molecular weight excluding hydrogens is 220 g/mol. The number of hydrogen-bond donors (Lipinski definition) is 1. The molecule has 0 aromatic carbocycles. The van der Waals surface area contributed by atoms with Crippen LogP contribution in [0.1, 0.15) is 72.6 Å². The largest absolute Gasteiger partial charge is 0.313 e. The summed E-state index contributed by atoms with van der Waals surface area (Å²) in [6.07, 6.45) is 9.87. The summed E-state index contributed by atoms with van der Waals surface area (Å²) < 4.78 is 0. The van der Waals surface area contributed by atoms with E-state index in [4.69, 9.17) is 0 Å². The van der Waals surface area contributed by atoms with Crippen molar-refractivity contribution in [2.45, 2.75) is 78.7 Å². The number of hydrogen-bond acceptors (Lipinski definition) is 2. The maximum Gasteiger partial charge on any atom is 0.0107 e. The fraction of sp³-hybridized carbons (Fsp3) is 1.00. The standard InChI is InChI=1S/C16H36N2/c1-5-7-8-9-10-11-12-14-18(6-2)15-13-17-16(3)4/h16-17H,5-15H2,1-4H3. The van der Waals surface area contributed by atoms with E-state index < -0.39 is 0 Å². The molecule has 0 aromatic heterocycles. The molecule has 0 rings (SSSR count). The number of rotatable bonds is 13. The van der Waals surface area contributed by atoms with Gasteiger partial charge in [0.15, 0.2) is 0 Å². The van der Waals surface area contributed by atoms with Crippen LogP contribution in [0.3, 0.4) is 0 Å². The minimum absolute atomic E-state index is 0.613. The third kappa shape index (κ3) is 12.4. The average Bonchev–Trinajstić information content (AvgIpc) is 2.35. The molecule has 18 heavy (non-hydrogen) atoms. The van der Waals surface area contributed by atoms with E-state index in [0.717, 1.165) is 6.54 Å². The van der Waals surface area contributed by atoms with Gasteiger partial charge in [0.2, 0.25) is 0 Å². The van der Waals surface area contributed by atoms with Crippen LogP contribution in [0, 0.1) is 0 Å². The van der Waals surface area contributed by atoms with Crippen LogP contribution in [-0.2, 0) is 0 Å². The summed E-state index contributed by atoms with van der Waals surface area (Å²) in [4.78, 5) is 2.57. The Balaban J connectivity index is 3.33. The highest BCUT2D eigenvalue weighted by molar-refractivity contribution is 4.60. The van der Waals surface area contributed by atoms with Crippen molar-refractivity contribution >= 4 is 0 Å². The van der Waals surface area contributed by atoms with Gasteiger partial charge in [-0.1, -0.05) is 66.2 Å². The summed E-state index contributed by atoms with van der Waals surface area (Å²) in [6, 6.07) is 0.613. The smallest absolute Gasteiger partial charge is 0.0107 e. The lowest BCUT2D eigenvalue weighted by Crippen LogP contribution is -2.35. The lowest BCUT2D eigenvalue weighted by molar-refractivity contribution is 0.277. The molecule has 0 saturated heterocycles. The molecular formula is C16H36N2. The van der Waals surface area contributed by atoms with Crippen molar-refractivity contribution in [3.05, 3.63) is 0 Å². The Morgan fingerprint density at radius 1 is 0.833 bits per heavy atom. The maximum atomic E-state index is 3.49. The summed E-state index contributed by atoms with van der Waals surface area (Å²) in [7, 11) is 0. The van der Waals surface area contributed by atoms with E-state index in [2.05, 4.69) is 37.9 Å². The molecule has 0 aliphatic carbocycles. The lowest BCUT2D eigenvalue weighted by Gasteiger charge is -2.21. The van der Waals surface area contributed by atoms with Crippen molar-refractivity contribution in [3.63, 3.8) is 0 Å². The van der Waals surface area contributed by atoms with Crippen LogP contribution in [0.2, 0.25) is 0 Å². The molecule has 0 unspecified atom stereocenters. The molecule has 0 atom stereocenters. The first-order valence-corrected chi connectivity index (χ1v) is 8.16. The molecule has 0 fully saturated rings. The van der Waals surface area contributed by atoms with Crippen molar-refractivity contribution in [3.8, 4) is 0 Å². The Bertz CT molecular complexity index is 157. The minimum atomic E-state index is 0.613. The van der Waals surface area contributed by atoms with E-state index in [9.17, 15) is 0 Å². The van der Waals surface area contributed by atoms with E-state index in [1.165, 1.54) is 64.6 Å². The second-order valence-electron chi connectivity index (χ2n) is 5.66. The average molecular weight is 256 g/mol. The number of nitrogens with one attached hydrogen (secondary N) is 1. The predicted molar refractivity (Wildman–Crippen MR) is 83.2 cm³/mol. The molecule has 1 N–H and O–H groups in total. The van der Waals surface area contributed by atoms with Crippen LogP contribution < -0.4 is 5.32 Å². The van der Waals surface area contributed by atoms with E-state index in [-0.39, 0.29) is 0 Å². The van der Waals surface area contributed by atoms with Crippen LogP contribution in [-0.4, -0.2) is 37.1 Å². The van der Waals surface area contributed by atoms with Gasteiger partial charge in [-0.2, -0.15) is 0 Å². The highest BCUT2D eigenvalue weighted by atomic mass is 15.1. The fourth-order valence-electron chi connectivity index (χ4n) is 2.23. The fourth-order valence-corrected chi connectivity index (χ4v) is 2.23. The Morgan fingerprint density at radius 3 is 2.00 bits per heavy atom. The SMILES string of the molecule is CCCCCCCCCN(CC)CCNC(C)C. The molecule has 0 aliphatic rings. The first-order valence-electron chi connectivity index (χ1n) is 8.16. The monoisotopic (exact) mass is 256 g/mol. The number of nitrogens with zero attached hydrogens (tertiary/aromatic N) is 1. The highest BCUT2D eigenvalue weighted by Gasteiger charge is 2.02. The minimum Gasteiger partial charge on any atom is -0.313 e. The van der Waals surface area contributed by atoms with Gasteiger partial charge in [0.05, 0.1) is 0 Å². The van der Waals surface area contributed by atoms with Gasteiger partial charge in [0.25, 0.3) is 0 Å². The third-order valence-electron chi connectivity index (χ3n) is 3.51. The Labute approximate surface area is 116 Å². The summed E-state index contributed by atoms with van der Waals surface area (Å²) in [5.74, 6) is 0. The molecule has 0 heterocycles. The molecule has 0 amide bonds. The van der Waals surface area contributed by atoms with Gasteiger partial charge < -0.3 is 10.2 Å². The van der Waals surface area contributed by atoms with Crippen LogP contribution in [0.25, 0.3) is 0 Å². The van der Waals surface area contributed by atoms with E-state index >= 15 is 0 Å². The van der Waals surface area contributed by atoms with Crippen LogP contribution >= 0.6 is 0 Å². The molecule has 0 spiro atoms. The quantitative estimate of drug-likeness (QED) is 0.500. The molecule has 0 aliphatic heterocycles. The van der Waals surface area contributed by atoms with Crippen molar-refractivity contribution in [2.75, 3.05) is 26.2 Å². The summed E-state index contributed by atoms with van der Waals surface area (Å²) >= 11 is 0. The van der Waals surface area contributed by atoms with Crippen molar-refractivity contribution < 1.29 is 0 Å². The van der Waals surface area contributed by atoms with Gasteiger partial charge in [-0.15, -0.1) is 0 Å². The van der Waals surface area contributed by atoms with Crippen molar-refractivity contribution in [2.24, 2.45) is 0 Å². The molecule has 110 valence electrons. The summed E-state index contributed by atoms with van der Waals surface area (Å²) in [5, 5.41) is 3.49. The van der Waals surface area contributed by atoms with Gasteiger partial charge in [0, 0.05) is 19.1 Å². The predicted octanol–water partition coefficient (Wildman–Crippen LogP) is 4.06. The number of likely N-dealkylation sites (N-methyl/N-ethyl adjacent to an activating group) is 1. The van der Waals surface area contributed by atoms with E-state index in [1.807, 2.05) is 0 Å². The lowest BCUT2D eigenvalue weighted by atomic mass is 10.1. The van der Waals surface area contributed by atoms with Gasteiger partial charge in [-0.05, 0) is 19.5 Å². The second-order valence-corrected chi connectivity index (χ2v) is 5.66. The molecule has 0 bridgehead atoms. The maximum absolute atomic E-state index is 3.49.